The molecule has 4 radical (unpaired) electrons. The summed E-state index contributed by atoms with van der Waals surface area (Å²) in [5.74, 6) is 2.02. The van der Waals surface area contributed by atoms with Gasteiger partial charge in [-0.3, -0.25) is 0 Å². The summed E-state index contributed by atoms with van der Waals surface area (Å²) in [6, 6.07) is 16.3. The predicted octanol–water partition coefficient (Wildman–Crippen LogP) is 2.51. The van der Waals surface area contributed by atoms with Crippen LogP contribution in [0.1, 0.15) is 18.1 Å². The van der Waals surface area contributed by atoms with Crippen LogP contribution in [-0.2, 0) is 32.7 Å². The smallest absolute Gasteiger partial charge is 0.116 e. The molecule has 2 aromatic carbocycles. The molecule has 0 aliphatic heterocycles. The maximum atomic E-state index is 5.88. The Labute approximate surface area is 148 Å². The second kappa shape index (κ2) is 9.16. The SMILES string of the molecule is [B]c1ccccc1[B]/C=C/c1ccc(/C=C/C)cc1.[Y]. The maximum Gasteiger partial charge on any atom is 0.180 e. The van der Waals surface area contributed by atoms with Crippen molar-refractivity contribution >= 4 is 38.2 Å². The van der Waals surface area contributed by atoms with E-state index in [1.807, 2.05) is 50.5 Å². The molecule has 0 saturated carbocycles. The van der Waals surface area contributed by atoms with Gasteiger partial charge in [0.15, 0.2) is 7.28 Å². The van der Waals surface area contributed by atoms with Gasteiger partial charge in [-0.25, -0.2) is 0 Å². The summed E-state index contributed by atoms with van der Waals surface area (Å²) in [7, 11) is 7.90. The Hall–Kier alpha value is -0.846. The van der Waals surface area contributed by atoms with Crippen molar-refractivity contribution in [2.24, 2.45) is 0 Å². The van der Waals surface area contributed by atoms with E-state index in [1.165, 1.54) is 11.1 Å². The Morgan fingerprint density at radius 1 is 0.900 bits per heavy atom. The average Bonchev–Trinajstić information content (AvgIpc) is 2.43. The van der Waals surface area contributed by atoms with Gasteiger partial charge in [-0.2, -0.15) is 0 Å². The number of hydrogen-bond acceptors (Lipinski definition) is 0. The van der Waals surface area contributed by atoms with E-state index in [4.69, 9.17) is 7.85 Å². The van der Waals surface area contributed by atoms with Crippen molar-refractivity contribution < 1.29 is 32.7 Å². The van der Waals surface area contributed by atoms with E-state index in [-0.39, 0.29) is 32.7 Å². The molecule has 0 spiro atoms. The third kappa shape index (κ3) is 5.27. The molecule has 0 fully saturated rings. The van der Waals surface area contributed by atoms with Crippen molar-refractivity contribution in [3.05, 3.63) is 71.7 Å². The number of allylic oxidation sites excluding steroid dienone is 1. The monoisotopic (exact) mass is 330 g/mol. The molecule has 0 aliphatic rings. The van der Waals surface area contributed by atoms with Crippen LogP contribution in [-0.4, -0.2) is 15.1 Å². The zero-order valence-electron chi connectivity index (χ0n) is 11.7. The largest absolute Gasteiger partial charge is 0.180 e. The average molecular weight is 330 g/mol. The Morgan fingerprint density at radius 3 is 2.10 bits per heavy atom. The molecule has 3 heteroatoms. The molecule has 0 aliphatic carbocycles. The van der Waals surface area contributed by atoms with Gasteiger partial charge in [0.05, 0.1) is 0 Å². The van der Waals surface area contributed by atoms with Crippen molar-refractivity contribution in [2.45, 2.75) is 6.92 Å². The van der Waals surface area contributed by atoms with Gasteiger partial charge in [-0.15, -0.1) is 11.4 Å². The van der Waals surface area contributed by atoms with Crippen molar-refractivity contribution in [2.75, 3.05) is 0 Å². The summed E-state index contributed by atoms with van der Waals surface area (Å²) in [4.78, 5) is 0. The van der Waals surface area contributed by atoms with Crippen molar-refractivity contribution in [3.63, 3.8) is 0 Å². The number of benzene rings is 2. The Balaban J connectivity index is 0.00000200. The van der Waals surface area contributed by atoms with Crippen molar-refractivity contribution in [1.29, 1.82) is 0 Å². The summed E-state index contributed by atoms with van der Waals surface area (Å²) < 4.78 is 0. The molecule has 0 N–H and O–H groups in total. The van der Waals surface area contributed by atoms with Crippen LogP contribution in [0, 0.1) is 0 Å². The molecule has 2 aromatic rings. The van der Waals surface area contributed by atoms with Crippen LogP contribution in [0.15, 0.2) is 60.6 Å². The minimum Gasteiger partial charge on any atom is -0.116 e. The fourth-order valence-electron chi connectivity index (χ4n) is 1.84. The van der Waals surface area contributed by atoms with E-state index in [1.54, 1.807) is 0 Å². The van der Waals surface area contributed by atoms with Crippen molar-refractivity contribution in [1.82, 2.24) is 0 Å². The quantitative estimate of drug-likeness (QED) is 0.756. The topological polar surface area (TPSA) is 0 Å². The summed E-state index contributed by atoms with van der Waals surface area (Å²) in [5, 5.41) is 0. The van der Waals surface area contributed by atoms with Crippen LogP contribution in [0.3, 0.4) is 0 Å². The molecule has 0 aromatic heterocycles. The van der Waals surface area contributed by atoms with Gasteiger partial charge < -0.3 is 0 Å². The first-order valence-electron chi connectivity index (χ1n) is 6.38. The van der Waals surface area contributed by atoms with Gasteiger partial charge in [0.25, 0.3) is 0 Å². The Kier molecular flexibility index (Phi) is 7.88. The fraction of sp³-hybridized carbons (Fsp3) is 0.0588. The zero-order valence-corrected chi connectivity index (χ0v) is 14.5. The molecule has 0 heterocycles. The van der Waals surface area contributed by atoms with Gasteiger partial charge in [0.1, 0.15) is 7.85 Å². The molecule has 0 saturated heterocycles. The van der Waals surface area contributed by atoms with Gasteiger partial charge in [0, 0.05) is 32.7 Å². The van der Waals surface area contributed by atoms with E-state index < -0.39 is 0 Å². The van der Waals surface area contributed by atoms with Crippen LogP contribution < -0.4 is 10.9 Å². The van der Waals surface area contributed by atoms with Crippen molar-refractivity contribution in [3.8, 4) is 0 Å². The first-order valence-corrected chi connectivity index (χ1v) is 6.38. The Bertz CT molecular complexity index is 586. The first kappa shape index (κ1) is 17.2. The number of rotatable bonds is 4. The second-order valence-electron chi connectivity index (χ2n) is 4.32. The second-order valence-corrected chi connectivity index (χ2v) is 4.32. The molecular weight excluding hydrogens is 315 g/mol. The van der Waals surface area contributed by atoms with Gasteiger partial charge in [-0.05, 0) is 18.1 Å². The summed E-state index contributed by atoms with van der Waals surface area (Å²) in [6.07, 6.45) is 6.20. The van der Waals surface area contributed by atoms with Crippen LogP contribution in [0.4, 0.5) is 0 Å². The van der Waals surface area contributed by atoms with Crippen LogP contribution in [0.2, 0.25) is 0 Å². The van der Waals surface area contributed by atoms with Crippen LogP contribution in [0.5, 0.6) is 0 Å². The first-order chi connectivity index (χ1) is 9.29. The number of hydrogen-bond donors (Lipinski definition) is 0. The van der Waals surface area contributed by atoms with Gasteiger partial charge in [0.2, 0.25) is 0 Å². The molecule has 0 nitrogen and oxygen atoms in total. The predicted molar refractivity (Wildman–Crippen MR) is 87.4 cm³/mol. The summed E-state index contributed by atoms with van der Waals surface area (Å²) >= 11 is 0. The molecular formula is C17H15B2Y. The van der Waals surface area contributed by atoms with E-state index in [2.05, 4.69) is 36.4 Å². The van der Waals surface area contributed by atoms with E-state index in [0.29, 0.717) is 0 Å². The minimum absolute atomic E-state index is 0. The molecule has 0 bridgehead atoms. The standard InChI is InChI=1S/C17H15B2.Y/c1-2-5-14-8-10-15(11-9-14)12-13-19-17-7-4-3-6-16(17)18;/h2-13H,1H3;/b5-2+,13-12+;. The molecule has 2 rings (SSSR count). The van der Waals surface area contributed by atoms with Gasteiger partial charge >= 0.3 is 0 Å². The normalized spacial score (nSPS) is 10.7. The Morgan fingerprint density at radius 2 is 1.50 bits per heavy atom. The van der Waals surface area contributed by atoms with Gasteiger partial charge in [-0.1, -0.05) is 72.2 Å². The fourth-order valence-corrected chi connectivity index (χ4v) is 1.84. The third-order valence-corrected chi connectivity index (χ3v) is 2.86. The van der Waals surface area contributed by atoms with E-state index in [9.17, 15) is 0 Å². The molecule has 92 valence electrons. The maximum absolute atomic E-state index is 5.88. The molecule has 20 heavy (non-hydrogen) atoms. The summed E-state index contributed by atoms with van der Waals surface area (Å²) in [6.45, 7) is 2.02. The minimum atomic E-state index is 0. The molecule has 0 atom stereocenters. The van der Waals surface area contributed by atoms with Crippen LogP contribution in [0.25, 0.3) is 12.2 Å². The van der Waals surface area contributed by atoms with Crippen LogP contribution >= 0.6 is 0 Å². The van der Waals surface area contributed by atoms with E-state index >= 15 is 0 Å². The third-order valence-electron chi connectivity index (χ3n) is 2.86. The van der Waals surface area contributed by atoms with E-state index in [0.717, 1.165) is 10.9 Å². The molecule has 0 amide bonds. The summed E-state index contributed by atoms with van der Waals surface area (Å²) in [5.41, 5.74) is 4.25. The molecule has 0 unspecified atom stereocenters. The zero-order chi connectivity index (χ0) is 13.5.